The lowest BCUT2D eigenvalue weighted by Gasteiger charge is -2.56. The topological polar surface area (TPSA) is 342 Å². The van der Waals surface area contributed by atoms with Crippen LogP contribution in [0.15, 0.2) is 0 Å². The molecule has 164 valence electrons. The van der Waals surface area contributed by atoms with Crippen molar-refractivity contribution in [2.24, 2.45) is 0 Å². The van der Waals surface area contributed by atoms with Crippen molar-refractivity contribution < 1.29 is 91.2 Å². The fourth-order valence-corrected chi connectivity index (χ4v) is 3.37. The van der Waals surface area contributed by atoms with Crippen molar-refractivity contribution >= 4 is 0 Å². The summed E-state index contributed by atoms with van der Waals surface area (Å²) in [6.45, 7) is 0. The molecule has 0 spiro atoms. The first-order valence-electron chi connectivity index (χ1n) is 6.89. The Morgan fingerprint density at radius 2 is 0.393 bits per heavy atom. The third kappa shape index (κ3) is 1.45. The second-order valence-electron chi connectivity index (χ2n) is 6.81. The Morgan fingerprint density at radius 3 is 0.536 bits per heavy atom. The van der Waals surface area contributed by atoms with Gasteiger partial charge in [0.2, 0.25) is 0 Å². The lowest BCUT2D eigenvalue weighted by atomic mass is 9.94. The molecule has 3 aliphatic rings. The molecule has 2 saturated carbocycles. The van der Waals surface area contributed by atoms with Gasteiger partial charge in [-0.25, -0.2) is 0 Å². The van der Waals surface area contributed by atoms with Crippen LogP contribution in [0.25, 0.3) is 0 Å². The molecule has 3 rings (SSSR count). The van der Waals surface area contributed by atoms with E-state index in [2.05, 4.69) is 9.47 Å². The molecular weight excluding hydrogens is 408 g/mol. The normalized spacial score (nSPS) is 51.4. The van der Waals surface area contributed by atoms with Crippen LogP contribution >= 0.6 is 0 Å². The third-order valence-corrected chi connectivity index (χ3v) is 5.34. The SMILES string of the molecule is OC1(O)C(O)(O)C2(O)OC3(O)C(O)(O)C(O)(O)C(O)(O)C3(O)OC2(O)C1(O)O. The highest BCUT2D eigenvalue weighted by Crippen LogP contribution is 2.67. The van der Waals surface area contributed by atoms with Crippen molar-refractivity contribution in [3.8, 4) is 0 Å². The van der Waals surface area contributed by atoms with Crippen molar-refractivity contribution in [1.29, 1.82) is 0 Å². The minimum atomic E-state index is -4.96. The highest BCUT2D eigenvalue weighted by atomic mass is 16.9. The lowest BCUT2D eigenvalue weighted by molar-refractivity contribution is -0.627. The van der Waals surface area contributed by atoms with Gasteiger partial charge in [0.05, 0.1) is 0 Å². The van der Waals surface area contributed by atoms with Crippen LogP contribution < -0.4 is 0 Å². The van der Waals surface area contributed by atoms with Crippen molar-refractivity contribution in [3.63, 3.8) is 0 Å². The minimum Gasteiger partial charge on any atom is -0.357 e. The predicted molar refractivity (Wildman–Crippen MR) is 65.0 cm³/mol. The predicted octanol–water partition coefficient (Wildman–Crippen LogP) is -11.1. The smallest absolute Gasteiger partial charge is 0.291 e. The van der Waals surface area contributed by atoms with Crippen LogP contribution in [0.1, 0.15) is 0 Å². The van der Waals surface area contributed by atoms with Gasteiger partial charge in [0, 0.05) is 0 Å². The van der Waals surface area contributed by atoms with Gasteiger partial charge in [0.15, 0.2) is 0 Å². The molecule has 1 aliphatic heterocycles. The van der Waals surface area contributed by atoms with Crippen molar-refractivity contribution in [2.45, 2.75) is 57.9 Å². The van der Waals surface area contributed by atoms with E-state index >= 15 is 0 Å². The van der Waals surface area contributed by atoms with E-state index in [9.17, 15) is 81.7 Å². The van der Waals surface area contributed by atoms with Crippen LogP contribution in [-0.4, -0.2) is 140 Å². The molecule has 28 heavy (non-hydrogen) atoms. The Balaban J connectivity index is 2.41. The summed E-state index contributed by atoms with van der Waals surface area (Å²) in [5, 5.41) is 157. The summed E-state index contributed by atoms with van der Waals surface area (Å²) >= 11 is 0. The van der Waals surface area contributed by atoms with Gasteiger partial charge in [-0.15, -0.1) is 0 Å². The van der Waals surface area contributed by atoms with Crippen molar-refractivity contribution in [1.82, 2.24) is 0 Å². The average Bonchev–Trinajstić information content (AvgIpc) is 2.58. The zero-order chi connectivity index (χ0) is 22.4. The van der Waals surface area contributed by atoms with Gasteiger partial charge in [-0.3, -0.25) is 9.47 Å². The van der Waals surface area contributed by atoms with Crippen LogP contribution in [0.2, 0.25) is 0 Å². The molecule has 1 saturated heterocycles. The van der Waals surface area contributed by atoms with E-state index in [-0.39, 0.29) is 0 Å². The molecule has 0 amide bonds. The maximum atomic E-state index is 10.2. The zero-order valence-corrected chi connectivity index (χ0v) is 13.0. The number of rotatable bonds is 0. The van der Waals surface area contributed by atoms with Gasteiger partial charge >= 0.3 is 0 Å². The highest BCUT2D eigenvalue weighted by Gasteiger charge is 3.04. The summed E-state index contributed by atoms with van der Waals surface area (Å²) in [7, 11) is 0. The maximum Gasteiger partial charge on any atom is 0.291 e. The van der Waals surface area contributed by atoms with Crippen LogP contribution in [0.4, 0.5) is 0 Å². The zero-order valence-electron chi connectivity index (χ0n) is 13.0. The Morgan fingerprint density at radius 1 is 0.250 bits per heavy atom. The molecule has 0 radical (unpaired) electrons. The van der Waals surface area contributed by atoms with Gasteiger partial charge in [0.1, 0.15) is 0 Å². The van der Waals surface area contributed by atoms with E-state index < -0.39 is 57.9 Å². The Kier molecular flexibility index (Phi) is 3.51. The molecule has 18 heteroatoms. The Labute approximate surface area is 150 Å². The second kappa shape index (κ2) is 4.47. The fraction of sp³-hybridized carbons (Fsp3) is 1.00. The fourth-order valence-electron chi connectivity index (χ4n) is 3.37. The molecule has 4 atom stereocenters. The van der Waals surface area contributed by atoms with E-state index in [0.29, 0.717) is 0 Å². The summed E-state index contributed by atoms with van der Waals surface area (Å²) < 4.78 is 7.79. The molecule has 0 bridgehead atoms. The van der Waals surface area contributed by atoms with Crippen LogP contribution in [0.5, 0.6) is 0 Å². The first-order chi connectivity index (χ1) is 11.9. The number of hydrogen-bond donors (Lipinski definition) is 16. The molecule has 4 unspecified atom stereocenters. The van der Waals surface area contributed by atoms with Crippen LogP contribution in [0.3, 0.4) is 0 Å². The number of ether oxygens (including phenoxy) is 2. The maximum absolute atomic E-state index is 10.2. The molecule has 1 heterocycles. The van der Waals surface area contributed by atoms with Gasteiger partial charge < -0.3 is 81.7 Å². The third-order valence-electron chi connectivity index (χ3n) is 5.34. The molecule has 0 aromatic carbocycles. The average molecular weight is 424 g/mol. The second-order valence-corrected chi connectivity index (χ2v) is 6.81. The molecule has 2 aliphatic carbocycles. The summed E-state index contributed by atoms with van der Waals surface area (Å²) in [6, 6.07) is 0. The molecular formula is C10H16O18. The van der Waals surface area contributed by atoms with Gasteiger partial charge in [0.25, 0.3) is 57.9 Å². The van der Waals surface area contributed by atoms with Gasteiger partial charge in [-0.05, 0) is 0 Å². The minimum absolute atomic E-state index is 3.89. The molecule has 16 N–H and O–H groups in total. The number of fused-ring (bicyclic) bond motifs is 2. The van der Waals surface area contributed by atoms with Gasteiger partial charge in [-0.1, -0.05) is 0 Å². The van der Waals surface area contributed by atoms with E-state index in [4.69, 9.17) is 0 Å². The summed E-state index contributed by atoms with van der Waals surface area (Å²) in [6.07, 6.45) is 0. The summed E-state index contributed by atoms with van der Waals surface area (Å²) in [5.74, 6) is -49.3. The summed E-state index contributed by atoms with van der Waals surface area (Å²) in [4.78, 5) is 0. The molecule has 0 aromatic rings. The molecule has 3 fully saturated rings. The monoisotopic (exact) mass is 424 g/mol. The standard InChI is InChI=1S/C10H16O18/c11-1(12)3(15,16)7(23)8(24,4(1,17)18)28-10(26)6(21,22)2(13,14)5(19,20)9(10,25)27-7/h11-26H. The van der Waals surface area contributed by atoms with Crippen molar-refractivity contribution in [2.75, 3.05) is 0 Å². The first-order valence-corrected chi connectivity index (χ1v) is 6.89. The quantitative estimate of drug-likeness (QED) is 0.160. The largest absolute Gasteiger partial charge is 0.357 e. The lowest BCUT2D eigenvalue weighted by Crippen LogP contribution is -2.85. The molecule has 18 nitrogen and oxygen atoms in total. The first kappa shape index (κ1) is 22.0. The Hall–Kier alpha value is -0.720. The van der Waals surface area contributed by atoms with Crippen molar-refractivity contribution in [3.05, 3.63) is 0 Å². The number of aliphatic hydroxyl groups is 16. The van der Waals surface area contributed by atoms with Crippen LogP contribution in [0, 0.1) is 0 Å². The van der Waals surface area contributed by atoms with E-state index in [1.54, 1.807) is 0 Å². The number of hydrogen-bond acceptors (Lipinski definition) is 18. The Bertz CT molecular complexity index is 623. The van der Waals surface area contributed by atoms with E-state index in [1.807, 2.05) is 0 Å². The van der Waals surface area contributed by atoms with Gasteiger partial charge in [-0.2, -0.15) is 0 Å². The van der Waals surface area contributed by atoms with E-state index in [0.717, 1.165) is 0 Å². The highest BCUT2D eigenvalue weighted by molar-refractivity contribution is 5.30. The van der Waals surface area contributed by atoms with Crippen LogP contribution in [-0.2, 0) is 9.47 Å². The summed E-state index contributed by atoms with van der Waals surface area (Å²) in [5.41, 5.74) is 0. The van der Waals surface area contributed by atoms with E-state index in [1.165, 1.54) is 0 Å². The molecule has 0 aromatic heterocycles.